The van der Waals surface area contributed by atoms with Gasteiger partial charge in [-0.3, -0.25) is 0 Å². The van der Waals surface area contributed by atoms with Crippen molar-refractivity contribution in [1.82, 2.24) is 4.72 Å². The second-order valence-electron chi connectivity index (χ2n) is 6.41. The average molecular weight is 385 g/mol. The second kappa shape index (κ2) is 6.92. The molecular formula is C18H18F3NO3S. The fourth-order valence-electron chi connectivity index (χ4n) is 2.93. The van der Waals surface area contributed by atoms with Crippen LogP contribution in [0.2, 0.25) is 0 Å². The van der Waals surface area contributed by atoms with Crippen molar-refractivity contribution in [2.24, 2.45) is 11.8 Å². The number of nitrogens with one attached hydrogen (secondary N) is 1. The van der Waals surface area contributed by atoms with Crippen LogP contribution in [0.5, 0.6) is 5.75 Å². The first-order valence-electron chi connectivity index (χ1n) is 8.09. The lowest BCUT2D eigenvalue weighted by molar-refractivity contribution is -0.274. The number of hydrogen-bond donors (Lipinski definition) is 1. The topological polar surface area (TPSA) is 55.4 Å². The van der Waals surface area contributed by atoms with E-state index in [1.807, 2.05) is 30.3 Å². The molecule has 3 rings (SSSR count). The Hall–Kier alpha value is -2.06. The lowest BCUT2D eigenvalue weighted by atomic mass is 10.0. The van der Waals surface area contributed by atoms with Gasteiger partial charge in [0.25, 0.3) is 0 Å². The maximum absolute atomic E-state index is 12.7. The second-order valence-corrected chi connectivity index (χ2v) is 8.12. The molecule has 0 heterocycles. The SMILES string of the molecule is C[C@H]1C[C@H]1C(NS(=O)(=O)c1ccc(OC(F)(F)F)cc1)c1ccccc1. The molecule has 1 aliphatic carbocycles. The van der Waals surface area contributed by atoms with E-state index >= 15 is 0 Å². The zero-order valence-corrected chi connectivity index (χ0v) is 14.7. The molecule has 0 aliphatic heterocycles. The highest BCUT2D eigenvalue weighted by molar-refractivity contribution is 7.89. The molecule has 8 heteroatoms. The van der Waals surface area contributed by atoms with Gasteiger partial charge in [0.05, 0.1) is 10.9 Å². The van der Waals surface area contributed by atoms with Crippen molar-refractivity contribution >= 4 is 10.0 Å². The van der Waals surface area contributed by atoms with E-state index in [4.69, 9.17) is 0 Å². The summed E-state index contributed by atoms with van der Waals surface area (Å²) in [4.78, 5) is -0.110. The molecule has 2 aromatic carbocycles. The van der Waals surface area contributed by atoms with Gasteiger partial charge in [0.15, 0.2) is 0 Å². The van der Waals surface area contributed by atoms with Crippen LogP contribution in [0.4, 0.5) is 13.2 Å². The maximum Gasteiger partial charge on any atom is 0.573 e. The highest BCUT2D eigenvalue weighted by Crippen LogP contribution is 2.47. The van der Waals surface area contributed by atoms with Crippen molar-refractivity contribution in [2.75, 3.05) is 0 Å². The van der Waals surface area contributed by atoms with Gasteiger partial charge in [-0.05, 0) is 48.1 Å². The van der Waals surface area contributed by atoms with E-state index in [0.717, 1.165) is 36.2 Å². The minimum absolute atomic E-state index is 0.110. The number of halogens is 3. The third kappa shape index (κ3) is 4.56. The van der Waals surface area contributed by atoms with E-state index in [-0.39, 0.29) is 16.9 Å². The molecule has 140 valence electrons. The zero-order valence-electron chi connectivity index (χ0n) is 13.9. The smallest absolute Gasteiger partial charge is 0.406 e. The third-order valence-corrected chi connectivity index (χ3v) is 5.87. The molecule has 1 aliphatic rings. The molecule has 0 bridgehead atoms. The number of rotatable bonds is 6. The van der Waals surface area contributed by atoms with Gasteiger partial charge in [-0.15, -0.1) is 13.2 Å². The van der Waals surface area contributed by atoms with Crippen LogP contribution in [-0.2, 0) is 10.0 Å². The molecule has 0 spiro atoms. The Kier molecular flexibility index (Phi) is 4.98. The molecule has 0 radical (unpaired) electrons. The number of ether oxygens (including phenoxy) is 1. The third-order valence-electron chi connectivity index (χ3n) is 4.41. The maximum atomic E-state index is 12.7. The van der Waals surface area contributed by atoms with E-state index in [1.54, 1.807) is 0 Å². The van der Waals surface area contributed by atoms with E-state index in [2.05, 4.69) is 16.4 Å². The molecule has 0 amide bonds. The van der Waals surface area contributed by atoms with E-state index in [1.165, 1.54) is 0 Å². The van der Waals surface area contributed by atoms with Crippen LogP contribution in [0, 0.1) is 11.8 Å². The number of alkyl halides is 3. The zero-order chi connectivity index (χ0) is 18.9. The molecular weight excluding hydrogens is 367 g/mol. The molecule has 1 saturated carbocycles. The Labute approximate surface area is 150 Å². The molecule has 1 fully saturated rings. The Bertz CT molecular complexity index is 852. The van der Waals surface area contributed by atoms with Crippen molar-refractivity contribution in [1.29, 1.82) is 0 Å². The van der Waals surface area contributed by atoms with Gasteiger partial charge in [0.1, 0.15) is 5.75 Å². The van der Waals surface area contributed by atoms with Gasteiger partial charge in [-0.2, -0.15) is 0 Å². The molecule has 26 heavy (non-hydrogen) atoms. The minimum atomic E-state index is -4.82. The Balaban J connectivity index is 1.80. The summed E-state index contributed by atoms with van der Waals surface area (Å²) >= 11 is 0. The van der Waals surface area contributed by atoms with Crippen molar-refractivity contribution in [3.8, 4) is 5.75 Å². The summed E-state index contributed by atoms with van der Waals surface area (Å²) in [6, 6.07) is 13.0. The van der Waals surface area contributed by atoms with Gasteiger partial charge in [-0.1, -0.05) is 37.3 Å². The van der Waals surface area contributed by atoms with Crippen LogP contribution >= 0.6 is 0 Å². The van der Waals surface area contributed by atoms with Crippen LogP contribution in [0.25, 0.3) is 0 Å². The predicted octanol–water partition coefficient (Wildman–Crippen LogP) is 4.26. The highest BCUT2D eigenvalue weighted by Gasteiger charge is 2.42. The molecule has 3 atom stereocenters. The normalized spacial score (nSPS) is 21.2. The number of sulfonamides is 1. The summed E-state index contributed by atoms with van der Waals surface area (Å²) in [6.45, 7) is 2.05. The standard InChI is InChI=1S/C18H18F3NO3S/c1-12-11-16(12)17(13-5-3-2-4-6-13)22-26(23,24)15-9-7-14(8-10-15)25-18(19,20)21/h2-10,12,16-17,22H,11H2,1H3/t12-,16+,17?/m0/s1. The lowest BCUT2D eigenvalue weighted by Gasteiger charge is -2.19. The Morgan fingerprint density at radius 1 is 1.08 bits per heavy atom. The van der Waals surface area contributed by atoms with E-state index in [0.29, 0.717) is 5.92 Å². The lowest BCUT2D eigenvalue weighted by Crippen LogP contribution is -2.30. The number of benzene rings is 2. The van der Waals surface area contributed by atoms with Gasteiger partial charge in [-0.25, -0.2) is 13.1 Å². The van der Waals surface area contributed by atoms with Crippen molar-refractivity contribution < 1.29 is 26.3 Å². The Morgan fingerprint density at radius 3 is 2.15 bits per heavy atom. The summed E-state index contributed by atoms with van der Waals surface area (Å²) in [6.07, 6.45) is -3.90. The number of hydrogen-bond acceptors (Lipinski definition) is 3. The largest absolute Gasteiger partial charge is 0.573 e. The minimum Gasteiger partial charge on any atom is -0.406 e. The first-order valence-corrected chi connectivity index (χ1v) is 9.57. The van der Waals surface area contributed by atoms with Crippen LogP contribution < -0.4 is 9.46 Å². The van der Waals surface area contributed by atoms with Crippen molar-refractivity contribution in [2.45, 2.75) is 30.6 Å². The highest BCUT2D eigenvalue weighted by atomic mass is 32.2. The van der Waals surface area contributed by atoms with Crippen LogP contribution in [0.3, 0.4) is 0 Å². The molecule has 1 unspecified atom stereocenters. The summed E-state index contributed by atoms with van der Waals surface area (Å²) in [5.74, 6) is 0.136. The van der Waals surface area contributed by atoms with Gasteiger partial charge in [0.2, 0.25) is 10.0 Å². The van der Waals surface area contributed by atoms with Crippen LogP contribution in [0.1, 0.15) is 24.9 Å². The molecule has 2 aromatic rings. The van der Waals surface area contributed by atoms with Gasteiger partial charge < -0.3 is 4.74 Å². The Morgan fingerprint density at radius 2 is 1.65 bits per heavy atom. The van der Waals surface area contributed by atoms with Gasteiger partial charge >= 0.3 is 6.36 Å². The summed E-state index contributed by atoms with van der Waals surface area (Å²) < 4.78 is 68.5. The predicted molar refractivity (Wildman–Crippen MR) is 89.9 cm³/mol. The molecule has 0 aromatic heterocycles. The quantitative estimate of drug-likeness (QED) is 0.808. The average Bonchev–Trinajstić information content (AvgIpc) is 3.29. The van der Waals surface area contributed by atoms with Crippen LogP contribution in [0.15, 0.2) is 59.5 Å². The fraction of sp³-hybridized carbons (Fsp3) is 0.333. The van der Waals surface area contributed by atoms with Crippen molar-refractivity contribution in [3.05, 3.63) is 60.2 Å². The molecule has 1 N–H and O–H groups in total. The van der Waals surface area contributed by atoms with E-state index < -0.39 is 22.1 Å². The summed E-state index contributed by atoms with van der Waals surface area (Å²) in [7, 11) is -3.88. The van der Waals surface area contributed by atoms with Crippen molar-refractivity contribution in [3.63, 3.8) is 0 Å². The fourth-order valence-corrected chi connectivity index (χ4v) is 4.21. The monoisotopic (exact) mass is 385 g/mol. The first-order chi connectivity index (χ1) is 12.2. The summed E-state index contributed by atoms with van der Waals surface area (Å²) in [5, 5.41) is 0. The van der Waals surface area contributed by atoms with Gasteiger partial charge in [0, 0.05) is 0 Å². The van der Waals surface area contributed by atoms with Crippen LogP contribution in [-0.4, -0.2) is 14.8 Å². The molecule has 4 nitrogen and oxygen atoms in total. The van der Waals surface area contributed by atoms with E-state index in [9.17, 15) is 21.6 Å². The molecule has 0 saturated heterocycles. The summed E-state index contributed by atoms with van der Waals surface area (Å²) in [5.41, 5.74) is 0.863. The first kappa shape index (κ1) is 18.7.